The fourth-order valence-electron chi connectivity index (χ4n) is 5.65. The third kappa shape index (κ3) is 6.84. The van der Waals surface area contributed by atoms with Gasteiger partial charge in [0.1, 0.15) is 5.78 Å². The van der Waals surface area contributed by atoms with Crippen molar-refractivity contribution in [1.29, 1.82) is 0 Å². The largest absolute Gasteiger partial charge is 0.300 e. The Balaban J connectivity index is 1.33. The third-order valence-corrected chi connectivity index (χ3v) is 7.49. The quantitative estimate of drug-likeness (QED) is 0.438. The lowest BCUT2D eigenvalue weighted by Gasteiger charge is -2.37. The molecule has 0 bridgehead atoms. The second kappa shape index (κ2) is 10.5. The standard InChI is InChI=1S/C24H36F2O/c25-24(26)3-1-2-18-6-12-21(13-7-18)22-14-8-19(9-15-22)4-5-20-10-16-23(27)17-11-20/h3-5,18-22H,1-2,6-17H2/b5-4+. The van der Waals surface area contributed by atoms with Gasteiger partial charge >= 0.3 is 0 Å². The molecule has 152 valence electrons. The monoisotopic (exact) mass is 378 g/mol. The van der Waals surface area contributed by atoms with E-state index < -0.39 is 6.08 Å². The van der Waals surface area contributed by atoms with Gasteiger partial charge in [0.15, 0.2) is 0 Å². The minimum Gasteiger partial charge on any atom is -0.300 e. The molecule has 0 aromatic rings. The molecule has 3 heteroatoms. The van der Waals surface area contributed by atoms with Gasteiger partial charge in [0.05, 0.1) is 0 Å². The predicted octanol–water partition coefficient (Wildman–Crippen LogP) is 7.48. The molecule has 0 radical (unpaired) electrons. The molecule has 0 aromatic carbocycles. The lowest BCUT2D eigenvalue weighted by molar-refractivity contribution is -0.120. The number of carbonyl (C=O) groups excluding carboxylic acids is 1. The molecule has 3 aliphatic carbocycles. The fraction of sp³-hybridized carbons (Fsp3) is 0.792. The molecule has 0 heterocycles. The van der Waals surface area contributed by atoms with E-state index in [1.807, 2.05) is 0 Å². The lowest BCUT2D eigenvalue weighted by atomic mass is 9.68. The van der Waals surface area contributed by atoms with E-state index in [2.05, 4.69) is 12.2 Å². The average Bonchev–Trinajstić information content (AvgIpc) is 2.68. The summed E-state index contributed by atoms with van der Waals surface area (Å²) in [6, 6.07) is 0. The first-order chi connectivity index (χ1) is 13.1. The Hall–Kier alpha value is -0.990. The van der Waals surface area contributed by atoms with Gasteiger partial charge in [0, 0.05) is 12.8 Å². The van der Waals surface area contributed by atoms with Crippen molar-refractivity contribution in [2.75, 3.05) is 0 Å². The predicted molar refractivity (Wildman–Crippen MR) is 107 cm³/mol. The fourth-order valence-corrected chi connectivity index (χ4v) is 5.65. The summed E-state index contributed by atoms with van der Waals surface area (Å²) in [6.07, 6.45) is 20.1. The first-order valence-electron chi connectivity index (χ1n) is 11.3. The highest BCUT2D eigenvalue weighted by Crippen LogP contribution is 2.42. The molecule has 0 aromatic heterocycles. The van der Waals surface area contributed by atoms with Crippen LogP contribution in [-0.4, -0.2) is 5.78 Å². The smallest absolute Gasteiger partial charge is 0.266 e. The Morgan fingerprint density at radius 1 is 0.778 bits per heavy atom. The summed E-state index contributed by atoms with van der Waals surface area (Å²) < 4.78 is 24.3. The number of Topliss-reactive ketones (excluding diaryl/α,β-unsaturated/α-hetero) is 1. The SMILES string of the molecule is O=C1CCC(/C=C/C2CCC(C3CCC(CCC=C(F)F)CC3)CC2)CC1. The van der Waals surface area contributed by atoms with Crippen molar-refractivity contribution in [3.8, 4) is 0 Å². The maximum atomic E-state index is 12.1. The van der Waals surface area contributed by atoms with Crippen molar-refractivity contribution in [3.05, 3.63) is 24.3 Å². The van der Waals surface area contributed by atoms with Crippen LogP contribution in [0.5, 0.6) is 0 Å². The number of rotatable bonds is 6. The summed E-state index contributed by atoms with van der Waals surface area (Å²) >= 11 is 0. The number of allylic oxidation sites excluding steroid dienone is 3. The van der Waals surface area contributed by atoms with E-state index in [4.69, 9.17) is 0 Å². The summed E-state index contributed by atoms with van der Waals surface area (Å²) in [7, 11) is 0. The molecule has 3 aliphatic rings. The van der Waals surface area contributed by atoms with Crippen LogP contribution in [0.4, 0.5) is 8.78 Å². The Morgan fingerprint density at radius 2 is 1.30 bits per heavy atom. The molecule has 0 unspecified atom stereocenters. The van der Waals surface area contributed by atoms with E-state index in [0.717, 1.165) is 55.9 Å². The van der Waals surface area contributed by atoms with E-state index in [1.54, 1.807) is 0 Å². The normalized spacial score (nSPS) is 33.3. The highest BCUT2D eigenvalue weighted by Gasteiger charge is 2.30. The molecule has 3 fully saturated rings. The van der Waals surface area contributed by atoms with Gasteiger partial charge in [-0.25, -0.2) is 0 Å². The van der Waals surface area contributed by atoms with E-state index in [9.17, 15) is 13.6 Å². The van der Waals surface area contributed by atoms with Gasteiger partial charge in [0.2, 0.25) is 0 Å². The van der Waals surface area contributed by atoms with E-state index in [1.165, 1.54) is 51.4 Å². The van der Waals surface area contributed by atoms with E-state index in [-0.39, 0.29) is 0 Å². The number of ketones is 1. The summed E-state index contributed by atoms with van der Waals surface area (Å²) in [5.41, 5.74) is 0. The van der Waals surface area contributed by atoms with Gasteiger partial charge in [0.25, 0.3) is 6.08 Å². The lowest BCUT2D eigenvalue weighted by Crippen LogP contribution is -2.25. The summed E-state index contributed by atoms with van der Waals surface area (Å²) in [6.45, 7) is 0. The molecule has 0 amide bonds. The molecule has 0 aliphatic heterocycles. The van der Waals surface area contributed by atoms with Crippen LogP contribution in [0.2, 0.25) is 0 Å². The topological polar surface area (TPSA) is 17.1 Å². The van der Waals surface area contributed by atoms with E-state index >= 15 is 0 Å². The zero-order valence-electron chi connectivity index (χ0n) is 16.7. The molecule has 1 nitrogen and oxygen atoms in total. The molecular weight excluding hydrogens is 342 g/mol. The van der Waals surface area contributed by atoms with Crippen LogP contribution >= 0.6 is 0 Å². The van der Waals surface area contributed by atoms with Crippen molar-refractivity contribution in [2.45, 2.75) is 89.9 Å². The second-order valence-corrected chi connectivity index (χ2v) is 9.29. The van der Waals surface area contributed by atoms with Crippen LogP contribution in [0, 0.1) is 29.6 Å². The van der Waals surface area contributed by atoms with Gasteiger partial charge in [-0.05, 0) is 99.9 Å². The zero-order chi connectivity index (χ0) is 19.1. The number of carbonyl (C=O) groups is 1. The summed E-state index contributed by atoms with van der Waals surface area (Å²) in [5.74, 6) is 4.27. The maximum absolute atomic E-state index is 12.1. The van der Waals surface area contributed by atoms with Gasteiger partial charge in [-0.3, -0.25) is 4.79 Å². The Kier molecular flexibility index (Phi) is 8.08. The van der Waals surface area contributed by atoms with Crippen LogP contribution in [-0.2, 0) is 4.79 Å². The van der Waals surface area contributed by atoms with Gasteiger partial charge in [-0.2, -0.15) is 8.78 Å². The molecule has 0 N–H and O–H groups in total. The first kappa shape index (κ1) is 20.7. The van der Waals surface area contributed by atoms with Crippen LogP contribution in [0.25, 0.3) is 0 Å². The van der Waals surface area contributed by atoms with E-state index in [0.29, 0.717) is 24.0 Å². The molecule has 0 atom stereocenters. The number of hydrogen-bond acceptors (Lipinski definition) is 1. The second-order valence-electron chi connectivity index (χ2n) is 9.29. The highest BCUT2D eigenvalue weighted by molar-refractivity contribution is 5.79. The molecule has 3 rings (SSSR count). The van der Waals surface area contributed by atoms with Crippen molar-refractivity contribution < 1.29 is 13.6 Å². The Morgan fingerprint density at radius 3 is 1.85 bits per heavy atom. The summed E-state index contributed by atoms with van der Waals surface area (Å²) in [4.78, 5) is 11.3. The minimum atomic E-state index is -1.52. The molecule has 3 saturated carbocycles. The molecule has 0 saturated heterocycles. The zero-order valence-corrected chi connectivity index (χ0v) is 16.7. The number of hydrogen-bond donors (Lipinski definition) is 0. The summed E-state index contributed by atoms with van der Waals surface area (Å²) in [5, 5.41) is 0. The van der Waals surface area contributed by atoms with Crippen molar-refractivity contribution >= 4 is 5.78 Å². The van der Waals surface area contributed by atoms with Gasteiger partial charge in [-0.15, -0.1) is 0 Å². The molecule has 27 heavy (non-hydrogen) atoms. The minimum absolute atomic E-state index is 0.445. The van der Waals surface area contributed by atoms with Gasteiger partial charge < -0.3 is 0 Å². The third-order valence-electron chi connectivity index (χ3n) is 7.49. The Bertz CT molecular complexity index is 508. The molecule has 0 spiro atoms. The van der Waals surface area contributed by atoms with Crippen LogP contribution in [0.1, 0.15) is 89.9 Å². The number of halogens is 2. The van der Waals surface area contributed by atoms with Crippen LogP contribution in [0.3, 0.4) is 0 Å². The van der Waals surface area contributed by atoms with Gasteiger partial charge in [-0.1, -0.05) is 25.0 Å². The van der Waals surface area contributed by atoms with Crippen LogP contribution in [0.15, 0.2) is 24.3 Å². The van der Waals surface area contributed by atoms with Crippen molar-refractivity contribution in [1.82, 2.24) is 0 Å². The average molecular weight is 379 g/mol. The Labute approximate surface area is 163 Å². The van der Waals surface area contributed by atoms with Crippen LogP contribution < -0.4 is 0 Å². The molecular formula is C24H36F2O. The maximum Gasteiger partial charge on any atom is 0.266 e. The first-order valence-corrected chi connectivity index (χ1v) is 11.3. The van der Waals surface area contributed by atoms with Crippen molar-refractivity contribution in [2.24, 2.45) is 29.6 Å². The van der Waals surface area contributed by atoms with Crippen molar-refractivity contribution in [3.63, 3.8) is 0 Å². The highest BCUT2D eigenvalue weighted by atomic mass is 19.3.